The molecule has 1 unspecified atom stereocenters. The van der Waals surface area contributed by atoms with Crippen molar-refractivity contribution in [3.8, 4) is 5.75 Å². The van der Waals surface area contributed by atoms with Crippen LogP contribution in [-0.2, 0) is 15.9 Å². The van der Waals surface area contributed by atoms with Gasteiger partial charge >= 0.3 is 0 Å². The van der Waals surface area contributed by atoms with E-state index in [1.54, 1.807) is 22.5 Å². The number of sulfonamides is 1. The molecule has 0 aliphatic carbocycles. The average Bonchev–Trinajstić information content (AvgIpc) is 2.46. The molecule has 0 saturated carbocycles. The third kappa shape index (κ3) is 3.10. The molecule has 0 bridgehead atoms. The van der Waals surface area contributed by atoms with Gasteiger partial charge in [-0.15, -0.1) is 11.6 Å². The van der Waals surface area contributed by atoms with Crippen molar-refractivity contribution in [3.05, 3.63) is 23.8 Å². The van der Waals surface area contributed by atoms with Crippen molar-refractivity contribution in [3.63, 3.8) is 0 Å². The fourth-order valence-corrected chi connectivity index (χ4v) is 4.41. The normalized spacial score (nSPS) is 20.9. The second-order valence-electron chi connectivity index (χ2n) is 5.23. The number of halogens is 1. The predicted octanol–water partition coefficient (Wildman–Crippen LogP) is 2.85. The highest BCUT2D eigenvalue weighted by molar-refractivity contribution is 7.89. The number of nitrogens with zero attached hydrogens (tertiary/aromatic N) is 1. The van der Waals surface area contributed by atoms with Crippen LogP contribution in [0.15, 0.2) is 23.1 Å². The van der Waals surface area contributed by atoms with Gasteiger partial charge in [-0.3, -0.25) is 0 Å². The molecule has 0 aromatic heterocycles. The van der Waals surface area contributed by atoms with Gasteiger partial charge in [-0.2, -0.15) is 4.31 Å². The van der Waals surface area contributed by atoms with Crippen molar-refractivity contribution in [1.29, 1.82) is 0 Å². The maximum atomic E-state index is 12.7. The number of ether oxygens (including phenoxy) is 1. The maximum absolute atomic E-state index is 12.7. The van der Waals surface area contributed by atoms with Gasteiger partial charge in [0.1, 0.15) is 10.6 Å². The Morgan fingerprint density at radius 3 is 2.80 bits per heavy atom. The Hall–Kier alpha value is -0.780. The van der Waals surface area contributed by atoms with E-state index in [2.05, 4.69) is 6.92 Å². The van der Waals surface area contributed by atoms with Crippen molar-refractivity contribution in [2.45, 2.75) is 30.5 Å². The lowest BCUT2D eigenvalue weighted by Gasteiger charge is -2.30. The second-order valence-corrected chi connectivity index (χ2v) is 7.40. The molecule has 4 nitrogen and oxygen atoms in total. The summed E-state index contributed by atoms with van der Waals surface area (Å²) in [5.41, 5.74) is 0.842. The summed E-state index contributed by atoms with van der Waals surface area (Å²) >= 11 is 5.77. The molecule has 0 radical (unpaired) electrons. The van der Waals surface area contributed by atoms with Gasteiger partial charge in [-0.05, 0) is 36.5 Å². The Bertz CT molecular complexity index is 574. The highest BCUT2D eigenvalue weighted by atomic mass is 35.5. The van der Waals surface area contributed by atoms with Crippen molar-refractivity contribution in [2.24, 2.45) is 5.92 Å². The summed E-state index contributed by atoms with van der Waals surface area (Å²) in [6, 6.07) is 5.01. The van der Waals surface area contributed by atoms with E-state index in [-0.39, 0.29) is 4.90 Å². The third-order valence-electron chi connectivity index (χ3n) is 3.62. The van der Waals surface area contributed by atoms with Crippen LogP contribution < -0.4 is 4.74 Å². The van der Waals surface area contributed by atoms with E-state index in [0.717, 1.165) is 18.4 Å². The number of hydrogen-bond acceptors (Lipinski definition) is 3. The summed E-state index contributed by atoms with van der Waals surface area (Å²) in [6.45, 7) is 3.23. The lowest BCUT2D eigenvalue weighted by atomic mass is 10.0. The van der Waals surface area contributed by atoms with Crippen LogP contribution in [0.3, 0.4) is 0 Å². The van der Waals surface area contributed by atoms with Crippen LogP contribution in [0.25, 0.3) is 0 Å². The summed E-state index contributed by atoms with van der Waals surface area (Å²) in [5.74, 6) is 1.09. The van der Waals surface area contributed by atoms with Gasteiger partial charge in [-0.25, -0.2) is 8.42 Å². The highest BCUT2D eigenvalue weighted by Crippen LogP contribution is 2.30. The monoisotopic (exact) mass is 317 g/mol. The van der Waals surface area contributed by atoms with Crippen molar-refractivity contribution >= 4 is 21.6 Å². The molecule has 2 rings (SSSR count). The van der Waals surface area contributed by atoms with E-state index in [9.17, 15) is 8.42 Å². The lowest BCUT2D eigenvalue weighted by Crippen LogP contribution is -2.39. The molecule has 1 fully saturated rings. The molecule has 1 heterocycles. The second kappa shape index (κ2) is 6.33. The first-order valence-electron chi connectivity index (χ1n) is 6.72. The largest absolute Gasteiger partial charge is 0.495 e. The van der Waals surface area contributed by atoms with E-state index in [0.29, 0.717) is 30.6 Å². The first kappa shape index (κ1) is 15.6. The molecule has 1 aromatic rings. The van der Waals surface area contributed by atoms with E-state index in [1.807, 2.05) is 0 Å². The van der Waals surface area contributed by atoms with Gasteiger partial charge in [0.05, 0.1) is 7.11 Å². The Balaban J connectivity index is 2.38. The van der Waals surface area contributed by atoms with E-state index < -0.39 is 10.0 Å². The molecule has 1 atom stereocenters. The van der Waals surface area contributed by atoms with Crippen LogP contribution >= 0.6 is 11.6 Å². The summed E-state index contributed by atoms with van der Waals surface area (Å²) in [4.78, 5) is 0.225. The minimum Gasteiger partial charge on any atom is -0.495 e. The van der Waals surface area contributed by atoms with Crippen LogP contribution in [-0.4, -0.2) is 32.9 Å². The molecule has 0 amide bonds. The van der Waals surface area contributed by atoms with Gasteiger partial charge in [0.25, 0.3) is 0 Å². The summed E-state index contributed by atoms with van der Waals surface area (Å²) in [5, 5.41) is 0. The zero-order chi connectivity index (χ0) is 14.8. The smallest absolute Gasteiger partial charge is 0.246 e. The quantitative estimate of drug-likeness (QED) is 0.802. The zero-order valence-electron chi connectivity index (χ0n) is 11.8. The SMILES string of the molecule is COc1cc(CCl)ccc1S(=O)(=O)N1CCCC(C)C1. The maximum Gasteiger partial charge on any atom is 0.246 e. The fraction of sp³-hybridized carbons (Fsp3) is 0.571. The Morgan fingerprint density at radius 1 is 1.45 bits per heavy atom. The number of methoxy groups -OCH3 is 1. The number of rotatable bonds is 4. The molecule has 1 aliphatic heterocycles. The van der Waals surface area contributed by atoms with Crippen LogP contribution in [0.2, 0.25) is 0 Å². The van der Waals surface area contributed by atoms with Crippen LogP contribution in [0, 0.1) is 5.92 Å². The average molecular weight is 318 g/mol. The summed E-state index contributed by atoms with van der Waals surface area (Å²) < 4.78 is 32.2. The highest BCUT2D eigenvalue weighted by Gasteiger charge is 2.30. The number of piperidine rings is 1. The van der Waals surface area contributed by atoms with Gasteiger partial charge < -0.3 is 4.74 Å². The minimum absolute atomic E-state index is 0.225. The number of alkyl halides is 1. The first-order valence-corrected chi connectivity index (χ1v) is 8.69. The molecule has 112 valence electrons. The fourth-order valence-electron chi connectivity index (χ4n) is 2.51. The molecular weight excluding hydrogens is 298 g/mol. The first-order chi connectivity index (χ1) is 9.48. The van der Waals surface area contributed by atoms with Crippen LogP contribution in [0.1, 0.15) is 25.3 Å². The third-order valence-corrected chi connectivity index (χ3v) is 5.83. The van der Waals surface area contributed by atoms with Crippen molar-refractivity contribution < 1.29 is 13.2 Å². The molecule has 1 aliphatic rings. The molecule has 6 heteroatoms. The van der Waals surface area contributed by atoms with Crippen molar-refractivity contribution in [1.82, 2.24) is 4.31 Å². The molecule has 1 saturated heterocycles. The van der Waals surface area contributed by atoms with Crippen LogP contribution in [0.4, 0.5) is 0 Å². The van der Waals surface area contributed by atoms with E-state index >= 15 is 0 Å². The predicted molar refractivity (Wildman–Crippen MR) is 79.7 cm³/mol. The molecular formula is C14H20ClNO3S. The number of benzene rings is 1. The van der Waals surface area contributed by atoms with Gasteiger partial charge in [0.2, 0.25) is 10.0 Å². The van der Waals surface area contributed by atoms with Crippen LogP contribution in [0.5, 0.6) is 5.75 Å². The Labute approximate surface area is 125 Å². The molecule has 0 N–H and O–H groups in total. The molecule has 20 heavy (non-hydrogen) atoms. The molecule has 1 aromatic carbocycles. The van der Waals surface area contributed by atoms with E-state index in [1.165, 1.54) is 7.11 Å². The minimum atomic E-state index is -3.50. The van der Waals surface area contributed by atoms with Gasteiger partial charge in [0, 0.05) is 19.0 Å². The topological polar surface area (TPSA) is 46.6 Å². The Morgan fingerprint density at radius 2 is 2.20 bits per heavy atom. The zero-order valence-corrected chi connectivity index (χ0v) is 13.4. The molecule has 0 spiro atoms. The Kier molecular flexibility index (Phi) is 4.94. The van der Waals surface area contributed by atoms with Gasteiger partial charge in [-0.1, -0.05) is 13.0 Å². The van der Waals surface area contributed by atoms with Crippen molar-refractivity contribution in [2.75, 3.05) is 20.2 Å². The lowest BCUT2D eigenvalue weighted by molar-refractivity contribution is 0.280. The standard InChI is InChI=1S/C14H20ClNO3S/c1-11-4-3-7-16(10-11)20(17,18)14-6-5-12(9-15)8-13(14)19-2/h5-6,8,11H,3-4,7,9-10H2,1-2H3. The van der Waals surface area contributed by atoms with E-state index in [4.69, 9.17) is 16.3 Å². The summed E-state index contributed by atoms with van der Waals surface area (Å²) in [6.07, 6.45) is 1.98. The summed E-state index contributed by atoms with van der Waals surface area (Å²) in [7, 11) is -2.02. The number of hydrogen-bond donors (Lipinski definition) is 0. The van der Waals surface area contributed by atoms with Gasteiger partial charge in [0.15, 0.2) is 0 Å².